The number of carbonyl (C=O) groups excluding carboxylic acids is 1. The van der Waals surface area contributed by atoms with Crippen molar-refractivity contribution in [1.82, 2.24) is 5.32 Å². The highest BCUT2D eigenvalue weighted by atomic mass is 79.9. The maximum atomic E-state index is 12.3. The van der Waals surface area contributed by atoms with E-state index in [9.17, 15) is 9.00 Å². The highest BCUT2D eigenvalue weighted by molar-refractivity contribution is 9.10. The van der Waals surface area contributed by atoms with Gasteiger partial charge in [-0.05, 0) is 41.5 Å². The lowest BCUT2D eigenvalue weighted by atomic mass is 10.2. The highest BCUT2D eigenvalue weighted by Gasteiger charge is 2.13. The number of amides is 1. The van der Waals surface area contributed by atoms with E-state index in [2.05, 4.69) is 21.2 Å². The van der Waals surface area contributed by atoms with E-state index in [4.69, 9.17) is 16.0 Å². The van der Waals surface area contributed by atoms with Crippen molar-refractivity contribution >= 4 is 44.2 Å². The summed E-state index contributed by atoms with van der Waals surface area (Å²) in [6, 6.07) is 18.3. The monoisotopic (exact) mass is 465 g/mol. The van der Waals surface area contributed by atoms with Crippen LogP contribution in [0.3, 0.4) is 0 Å². The maximum Gasteiger partial charge on any atom is 0.287 e. The molecule has 140 valence electrons. The topological polar surface area (TPSA) is 59.3 Å². The largest absolute Gasteiger partial charge is 0.455 e. The van der Waals surface area contributed by atoms with E-state index in [1.807, 2.05) is 42.5 Å². The minimum absolute atomic E-state index is 0.203. The first kappa shape index (κ1) is 19.9. The summed E-state index contributed by atoms with van der Waals surface area (Å²) < 4.78 is 18.8. The molecule has 0 aliphatic rings. The van der Waals surface area contributed by atoms with Gasteiger partial charge in [0.25, 0.3) is 5.91 Å². The Morgan fingerprint density at radius 3 is 2.67 bits per heavy atom. The normalized spacial score (nSPS) is 11.9. The first-order valence-electron chi connectivity index (χ1n) is 8.21. The summed E-state index contributed by atoms with van der Waals surface area (Å²) in [6.45, 7) is 0.396. The van der Waals surface area contributed by atoms with E-state index in [1.54, 1.807) is 18.2 Å². The third-order valence-corrected chi connectivity index (χ3v) is 5.91. The fourth-order valence-corrected chi connectivity index (χ4v) is 4.39. The molecule has 0 bridgehead atoms. The van der Waals surface area contributed by atoms with Gasteiger partial charge in [-0.2, -0.15) is 0 Å². The first-order valence-corrected chi connectivity index (χ1v) is 10.9. The second-order valence-corrected chi connectivity index (χ2v) is 8.68. The number of furan rings is 1. The summed E-state index contributed by atoms with van der Waals surface area (Å²) in [4.78, 5) is 12.2. The van der Waals surface area contributed by atoms with Crippen LogP contribution >= 0.6 is 27.5 Å². The molecular formula is C20H17BrClNO3S. The molecule has 0 saturated heterocycles. The van der Waals surface area contributed by atoms with Gasteiger partial charge in [-0.3, -0.25) is 9.00 Å². The quantitative estimate of drug-likeness (QED) is 0.528. The number of halogens is 2. The number of nitrogens with one attached hydrogen (secondary N) is 1. The molecule has 1 aromatic heterocycles. The second-order valence-electron chi connectivity index (χ2n) is 5.90. The Hall–Kier alpha value is -1.89. The number of benzene rings is 2. The van der Waals surface area contributed by atoms with Gasteiger partial charge in [0.1, 0.15) is 5.76 Å². The van der Waals surface area contributed by atoms with Crippen molar-refractivity contribution in [2.24, 2.45) is 0 Å². The Balaban J connectivity index is 1.55. The molecule has 0 saturated carbocycles. The van der Waals surface area contributed by atoms with E-state index in [0.717, 1.165) is 15.6 Å². The van der Waals surface area contributed by atoms with Crippen LogP contribution in [0, 0.1) is 0 Å². The van der Waals surface area contributed by atoms with Gasteiger partial charge in [0, 0.05) is 26.8 Å². The lowest BCUT2D eigenvalue weighted by molar-refractivity contribution is 0.0921. The Morgan fingerprint density at radius 2 is 1.89 bits per heavy atom. The lowest BCUT2D eigenvalue weighted by Gasteiger charge is -2.04. The fraction of sp³-hybridized carbons (Fsp3) is 0.150. The molecule has 3 rings (SSSR count). The van der Waals surface area contributed by atoms with Crippen molar-refractivity contribution in [1.29, 1.82) is 0 Å². The summed E-state index contributed by atoms with van der Waals surface area (Å²) in [6.07, 6.45) is 0. The Bertz CT molecular complexity index is 973. The molecule has 3 aromatic rings. The van der Waals surface area contributed by atoms with Crippen LogP contribution in [0.1, 0.15) is 27.4 Å². The maximum absolute atomic E-state index is 12.3. The van der Waals surface area contributed by atoms with Gasteiger partial charge >= 0.3 is 0 Å². The van der Waals surface area contributed by atoms with Crippen molar-refractivity contribution in [3.63, 3.8) is 0 Å². The highest BCUT2D eigenvalue weighted by Crippen LogP contribution is 2.19. The summed E-state index contributed by atoms with van der Waals surface area (Å²) in [5.74, 6) is 0.968. The van der Waals surface area contributed by atoms with Gasteiger partial charge in [-0.1, -0.05) is 57.9 Å². The Kier molecular flexibility index (Phi) is 6.88. The predicted octanol–water partition coefficient (Wildman–Crippen LogP) is 5.07. The van der Waals surface area contributed by atoms with Crippen molar-refractivity contribution in [2.75, 3.05) is 0 Å². The standard InChI is InChI=1S/C20H17BrClNO3S/c21-16-6-3-4-14(10-16)11-23-20(24)19-9-8-17(26-19)13-27(25)12-15-5-1-2-7-18(15)22/h1-10H,11-13H2,(H,23,24)/t27-/m0/s1. The average molecular weight is 467 g/mol. The number of hydrogen-bond donors (Lipinski definition) is 1. The summed E-state index contributed by atoms with van der Waals surface area (Å²) in [5.41, 5.74) is 1.81. The van der Waals surface area contributed by atoms with E-state index in [0.29, 0.717) is 23.1 Å². The van der Waals surface area contributed by atoms with Crippen LogP contribution in [0.2, 0.25) is 5.02 Å². The zero-order valence-electron chi connectivity index (χ0n) is 14.3. The molecule has 1 heterocycles. The van der Waals surface area contributed by atoms with Gasteiger partial charge in [-0.15, -0.1) is 0 Å². The SMILES string of the molecule is O=C(NCc1cccc(Br)c1)c1ccc(C[S@@](=O)Cc2ccccc2Cl)o1. The molecule has 1 amide bonds. The van der Waals surface area contributed by atoms with Gasteiger partial charge < -0.3 is 9.73 Å². The molecule has 0 aliphatic carbocycles. The van der Waals surface area contributed by atoms with Crippen LogP contribution in [0.15, 0.2) is 69.6 Å². The molecule has 2 aromatic carbocycles. The van der Waals surface area contributed by atoms with Crippen molar-refractivity contribution < 1.29 is 13.4 Å². The lowest BCUT2D eigenvalue weighted by Crippen LogP contribution is -2.22. The van der Waals surface area contributed by atoms with Gasteiger partial charge in [-0.25, -0.2) is 0 Å². The zero-order chi connectivity index (χ0) is 19.2. The van der Waals surface area contributed by atoms with Gasteiger partial charge in [0.05, 0.1) is 11.5 Å². The zero-order valence-corrected chi connectivity index (χ0v) is 17.4. The average Bonchev–Trinajstić information content (AvgIpc) is 3.10. The molecule has 1 atom stereocenters. The molecule has 27 heavy (non-hydrogen) atoms. The smallest absolute Gasteiger partial charge is 0.287 e. The van der Waals surface area contributed by atoms with Crippen LogP contribution in [0.4, 0.5) is 0 Å². The molecule has 0 spiro atoms. The van der Waals surface area contributed by atoms with E-state index >= 15 is 0 Å². The van der Waals surface area contributed by atoms with Crippen molar-refractivity contribution in [2.45, 2.75) is 18.1 Å². The van der Waals surface area contributed by atoms with Crippen LogP contribution in [0.25, 0.3) is 0 Å². The molecule has 4 nitrogen and oxygen atoms in total. The molecule has 0 unspecified atom stereocenters. The molecule has 7 heteroatoms. The van der Waals surface area contributed by atoms with Crippen LogP contribution in [0.5, 0.6) is 0 Å². The van der Waals surface area contributed by atoms with Crippen LogP contribution in [-0.4, -0.2) is 10.1 Å². The summed E-state index contributed by atoms with van der Waals surface area (Å²) in [7, 11) is -1.18. The Labute approximate surface area is 173 Å². The molecule has 0 aliphatic heterocycles. The minimum atomic E-state index is -1.18. The first-order chi connectivity index (χ1) is 13.0. The Morgan fingerprint density at radius 1 is 1.07 bits per heavy atom. The number of carbonyl (C=O) groups is 1. The van der Waals surface area contributed by atoms with E-state index in [-0.39, 0.29) is 17.4 Å². The third kappa shape index (κ3) is 5.79. The van der Waals surface area contributed by atoms with Crippen LogP contribution in [-0.2, 0) is 28.9 Å². The minimum Gasteiger partial charge on any atom is -0.455 e. The van der Waals surface area contributed by atoms with E-state index in [1.165, 1.54) is 0 Å². The van der Waals surface area contributed by atoms with E-state index < -0.39 is 10.8 Å². The molecule has 0 fully saturated rings. The number of hydrogen-bond acceptors (Lipinski definition) is 3. The van der Waals surface area contributed by atoms with Crippen LogP contribution < -0.4 is 5.32 Å². The molecular weight excluding hydrogens is 450 g/mol. The summed E-state index contributed by atoms with van der Waals surface area (Å²) in [5, 5.41) is 3.40. The third-order valence-electron chi connectivity index (χ3n) is 3.81. The molecule has 1 N–H and O–H groups in total. The summed E-state index contributed by atoms with van der Waals surface area (Å²) >= 11 is 9.50. The fourth-order valence-electron chi connectivity index (χ4n) is 2.49. The van der Waals surface area contributed by atoms with Crippen molar-refractivity contribution in [3.8, 4) is 0 Å². The molecule has 0 radical (unpaired) electrons. The predicted molar refractivity (Wildman–Crippen MR) is 111 cm³/mol. The van der Waals surface area contributed by atoms with Crippen molar-refractivity contribution in [3.05, 3.63) is 92.8 Å². The van der Waals surface area contributed by atoms with Gasteiger partial charge in [0.2, 0.25) is 0 Å². The number of rotatable bonds is 7. The second kappa shape index (κ2) is 9.35. The van der Waals surface area contributed by atoms with Gasteiger partial charge in [0.15, 0.2) is 5.76 Å².